The minimum atomic E-state index is -0.243. The van der Waals surface area contributed by atoms with Crippen LogP contribution >= 0.6 is 0 Å². The molecule has 1 amide bonds. The second-order valence-corrected chi connectivity index (χ2v) is 2.33. The summed E-state index contributed by atoms with van der Waals surface area (Å²) in [6.07, 6.45) is 4.88. The Labute approximate surface area is 107 Å². The summed E-state index contributed by atoms with van der Waals surface area (Å²) >= 11 is 0. The molecule has 0 unspecified atom stereocenters. The number of rotatable bonds is 0. The average Bonchev–Trinajstić information content (AvgIpc) is 2.34. The molecule has 0 spiro atoms. The van der Waals surface area contributed by atoms with Gasteiger partial charge in [0.15, 0.2) is 0 Å². The van der Waals surface area contributed by atoms with E-state index in [1.807, 2.05) is 0 Å². The van der Waals surface area contributed by atoms with E-state index in [2.05, 4.69) is 82.4 Å². The minimum Gasteiger partial charge on any atom is -0.285 e. The lowest BCUT2D eigenvalue weighted by Crippen LogP contribution is -2.11. The fraction of sp³-hybridized carbons (Fsp3) is 0.0625. The van der Waals surface area contributed by atoms with E-state index < -0.39 is 0 Å². The molecule has 2 nitrogen and oxygen atoms in total. The van der Waals surface area contributed by atoms with Crippen LogP contribution in [0.15, 0.2) is 0 Å². The molecule has 1 N–H and O–H groups in total. The van der Waals surface area contributed by atoms with Crippen LogP contribution in [0.25, 0.3) is 0 Å². The largest absolute Gasteiger partial charge is 0.285 e. The van der Waals surface area contributed by atoms with Crippen molar-refractivity contribution < 1.29 is 4.79 Å². The van der Waals surface area contributed by atoms with E-state index in [1.165, 1.54) is 6.92 Å². The van der Waals surface area contributed by atoms with Crippen molar-refractivity contribution in [3.8, 4) is 83.5 Å². The third-order valence-electron chi connectivity index (χ3n) is 0.998. The predicted octanol–water partition coefficient (Wildman–Crippen LogP) is -0.266. The number of carbonyl (C=O) groups is 1. The molecular weight excluding hydrogens is 222 g/mol. The van der Waals surface area contributed by atoms with Crippen LogP contribution in [0.2, 0.25) is 0 Å². The first-order valence-electron chi connectivity index (χ1n) is 4.49. The summed E-state index contributed by atoms with van der Waals surface area (Å²) in [5.74, 6) is 28.4. The van der Waals surface area contributed by atoms with Gasteiger partial charge in [-0.1, -0.05) is 0 Å². The maximum Gasteiger partial charge on any atom is 0.228 e. The predicted molar refractivity (Wildman–Crippen MR) is 69.3 cm³/mol. The van der Waals surface area contributed by atoms with Gasteiger partial charge in [0.25, 0.3) is 0 Å². The zero-order chi connectivity index (χ0) is 13.5. The molecule has 2 heteroatoms. The summed E-state index contributed by atoms with van der Waals surface area (Å²) in [5.41, 5.74) is 0. The highest BCUT2D eigenvalue weighted by molar-refractivity contribution is 5.74. The van der Waals surface area contributed by atoms with Crippen molar-refractivity contribution in [3.63, 3.8) is 0 Å². The first-order chi connectivity index (χ1) is 8.77. The molecule has 0 aliphatic heterocycles. The maximum absolute atomic E-state index is 10.4. The van der Waals surface area contributed by atoms with Crippen LogP contribution in [-0.4, -0.2) is 5.91 Å². The number of amides is 1. The molecule has 0 saturated heterocycles. The quantitative estimate of drug-likeness (QED) is 0.448. The van der Waals surface area contributed by atoms with E-state index >= 15 is 0 Å². The Morgan fingerprint density at radius 1 is 0.778 bits per heavy atom. The zero-order valence-corrected chi connectivity index (χ0v) is 9.49. The Balaban J connectivity index is 4.21. The van der Waals surface area contributed by atoms with Gasteiger partial charge in [0, 0.05) is 48.5 Å². The van der Waals surface area contributed by atoms with Gasteiger partial charge < -0.3 is 0 Å². The summed E-state index contributed by atoms with van der Waals surface area (Å²) in [5, 5.41) is 2.26. The number of hydrogen-bond acceptors (Lipinski definition) is 1. The molecule has 0 aliphatic rings. The standard InChI is InChI=1S/C16H5NO/c1-3-4-5-6-7-8-9-10-11-12-13-14-15-17-16(2)18/h1H,2H3,(H,17,18). The molecule has 0 radical (unpaired) electrons. The van der Waals surface area contributed by atoms with Crippen molar-refractivity contribution in [3.05, 3.63) is 0 Å². The van der Waals surface area contributed by atoms with E-state index in [0.29, 0.717) is 0 Å². The van der Waals surface area contributed by atoms with Gasteiger partial charge in [0.2, 0.25) is 5.91 Å². The van der Waals surface area contributed by atoms with Crippen LogP contribution in [-0.2, 0) is 4.79 Å². The van der Waals surface area contributed by atoms with E-state index in [9.17, 15) is 4.79 Å². The molecule has 0 atom stereocenters. The SMILES string of the molecule is C#CC#CC#CC#CC#CC#CC#CNC(C)=O. The Bertz CT molecular complexity index is 725. The van der Waals surface area contributed by atoms with Gasteiger partial charge >= 0.3 is 0 Å². The molecule has 0 aliphatic carbocycles. The van der Waals surface area contributed by atoms with Gasteiger partial charge in [-0.15, -0.1) is 6.42 Å². The summed E-state index contributed by atoms with van der Waals surface area (Å²) < 4.78 is 0. The van der Waals surface area contributed by atoms with Gasteiger partial charge in [-0.2, -0.15) is 0 Å². The molecule has 80 valence electrons. The topological polar surface area (TPSA) is 29.1 Å². The Morgan fingerprint density at radius 2 is 1.17 bits per heavy atom. The highest BCUT2D eigenvalue weighted by Crippen LogP contribution is 1.57. The van der Waals surface area contributed by atoms with E-state index in [4.69, 9.17) is 6.42 Å². The van der Waals surface area contributed by atoms with Gasteiger partial charge in [-0.3, -0.25) is 10.1 Å². The molecule has 0 heterocycles. The molecule has 0 fully saturated rings. The molecular formula is C16H5NO. The van der Waals surface area contributed by atoms with Gasteiger partial charge in [0.1, 0.15) is 0 Å². The monoisotopic (exact) mass is 227 g/mol. The molecule has 0 bridgehead atoms. The Hall–Kier alpha value is -3.61. The van der Waals surface area contributed by atoms with Crippen LogP contribution < -0.4 is 5.32 Å². The van der Waals surface area contributed by atoms with Crippen molar-refractivity contribution in [1.29, 1.82) is 0 Å². The van der Waals surface area contributed by atoms with Gasteiger partial charge in [-0.25, -0.2) is 0 Å². The normalized spacial score (nSPS) is 4.67. The van der Waals surface area contributed by atoms with Crippen LogP contribution in [0.3, 0.4) is 0 Å². The van der Waals surface area contributed by atoms with Crippen molar-refractivity contribution in [2.45, 2.75) is 6.92 Å². The van der Waals surface area contributed by atoms with Gasteiger partial charge in [-0.05, 0) is 35.5 Å². The Morgan fingerprint density at radius 3 is 1.56 bits per heavy atom. The van der Waals surface area contributed by atoms with Crippen LogP contribution in [0.1, 0.15) is 6.92 Å². The summed E-state index contributed by atoms with van der Waals surface area (Å²) in [4.78, 5) is 10.4. The highest BCUT2D eigenvalue weighted by Gasteiger charge is 1.78. The molecule has 0 saturated carbocycles. The fourth-order valence-corrected chi connectivity index (χ4v) is 0.468. The third-order valence-corrected chi connectivity index (χ3v) is 0.998. The summed E-state index contributed by atoms with van der Waals surface area (Å²) in [6.45, 7) is 1.35. The fourth-order valence-electron chi connectivity index (χ4n) is 0.468. The summed E-state index contributed by atoms with van der Waals surface area (Å²) in [7, 11) is 0. The van der Waals surface area contributed by atoms with E-state index in [-0.39, 0.29) is 5.91 Å². The number of nitrogens with one attached hydrogen (secondary N) is 1. The highest BCUT2D eigenvalue weighted by atomic mass is 16.1. The Kier molecular flexibility index (Phi) is 9.17. The van der Waals surface area contributed by atoms with Crippen molar-refractivity contribution >= 4 is 5.91 Å². The lowest BCUT2D eigenvalue weighted by Gasteiger charge is -1.80. The first kappa shape index (κ1) is 14.4. The second-order valence-electron chi connectivity index (χ2n) is 2.33. The van der Waals surface area contributed by atoms with Gasteiger partial charge in [0.05, 0.1) is 0 Å². The maximum atomic E-state index is 10.4. The van der Waals surface area contributed by atoms with Crippen LogP contribution in [0.4, 0.5) is 0 Å². The van der Waals surface area contributed by atoms with Crippen molar-refractivity contribution in [1.82, 2.24) is 5.32 Å². The molecule has 0 rings (SSSR count). The van der Waals surface area contributed by atoms with Crippen molar-refractivity contribution in [2.24, 2.45) is 0 Å². The third kappa shape index (κ3) is 12.4. The molecule has 0 aromatic rings. The van der Waals surface area contributed by atoms with Crippen LogP contribution in [0.5, 0.6) is 0 Å². The van der Waals surface area contributed by atoms with E-state index in [0.717, 1.165) is 0 Å². The first-order valence-corrected chi connectivity index (χ1v) is 4.49. The number of hydrogen-bond donors (Lipinski definition) is 1. The van der Waals surface area contributed by atoms with E-state index in [1.54, 1.807) is 0 Å². The van der Waals surface area contributed by atoms with Crippen molar-refractivity contribution in [2.75, 3.05) is 0 Å². The summed E-state index contributed by atoms with van der Waals surface area (Å²) in [6, 6.07) is 2.33. The molecule has 0 aromatic heterocycles. The number of carbonyl (C=O) groups excluding carboxylic acids is 1. The van der Waals surface area contributed by atoms with Crippen LogP contribution in [0, 0.1) is 83.5 Å². The molecule has 18 heavy (non-hydrogen) atoms. The zero-order valence-electron chi connectivity index (χ0n) is 9.49. The minimum absolute atomic E-state index is 0.243. The lowest BCUT2D eigenvalue weighted by molar-refractivity contribution is -0.117. The number of terminal acetylenes is 1. The second kappa shape index (κ2) is 11.5. The average molecular weight is 227 g/mol. The lowest BCUT2D eigenvalue weighted by atomic mass is 10.5. The molecule has 0 aromatic carbocycles. The smallest absolute Gasteiger partial charge is 0.228 e.